The number of carbonyl (C=O) groups is 3. The van der Waals surface area contributed by atoms with Crippen molar-refractivity contribution in [1.82, 2.24) is 10.2 Å². The Morgan fingerprint density at radius 3 is 2.32 bits per heavy atom. The van der Waals surface area contributed by atoms with Crippen LogP contribution in [0.25, 0.3) is 0 Å². The number of carbonyl (C=O) groups excluding carboxylic acids is 1. The van der Waals surface area contributed by atoms with Gasteiger partial charge < -0.3 is 31.3 Å². The van der Waals surface area contributed by atoms with Crippen LogP contribution in [0.2, 0.25) is 0 Å². The van der Waals surface area contributed by atoms with Crippen LogP contribution in [0.4, 0.5) is 0 Å². The number of rotatable bonds is 6. The summed E-state index contributed by atoms with van der Waals surface area (Å²) in [5, 5.41) is 39.4. The molecule has 4 bridgehead atoms. The van der Waals surface area contributed by atoms with E-state index in [1.807, 2.05) is 0 Å². The van der Waals surface area contributed by atoms with Crippen molar-refractivity contribution in [1.29, 1.82) is 5.26 Å². The number of aliphatic hydroxyl groups is 1. The summed E-state index contributed by atoms with van der Waals surface area (Å²) in [6, 6.07) is 0.702. The second-order valence-electron chi connectivity index (χ2n) is 9.74. The second kappa shape index (κ2) is 9.10. The first-order valence-corrected chi connectivity index (χ1v) is 10.9. The molecule has 0 aromatic rings. The van der Waals surface area contributed by atoms with Crippen molar-refractivity contribution in [3.63, 3.8) is 0 Å². The molecule has 3 unspecified atom stereocenters. The van der Waals surface area contributed by atoms with E-state index in [9.17, 15) is 19.5 Å². The first-order valence-electron chi connectivity index (χ1n) is 10.9. The summed E-state index contributed by atoms with van der Waals surface area (Å²) in [7, 11) is 0. The summed E-state index contributed by atoms with van der Waals surface area (Å²) in [5.41, 5.74) is 4.29. The van der Waals surface area contributed by atoms with Crippen molar-refractivity contribution in [3.8, 4) is 6.07 Å². The largest absolute Gasteiger partial charge is 0.481 e. The van der Waals surface area contributed by atoms with Crippen molar-refractivity contribution >= 4 is 17.8 Å². The average Bonchev–Trinajstić information content (AvgIpc) is 3.13. The highest BCUT2D eigenvalue weighted by atomic mass is 16.4. The number of nitrogens with zero attached hydrogens (tertiary/aromatic N) is 2. The van der Waals surface area contributed by atoms with Gasteiger partial charge in [0.2, 0.25) is 5.91 Å². The maximum atomic E-state index is 12.4. The monoisotopic (exact) mass is 436 g/mol. The van der Waals surface area contributed by atoms with Gasteiger partial charge in [-0.3, -0.25) is 14.4 Å². The molecule has 10 heteroatoms. The number of amides is 1. The highest BCUT2D eigenvalue weighted by Gasteiger charge is 2.57. The van der Waals surface area contributed by atoms with Crippen LogP contribution in [0.15, 0.2) is 0 Å². The Balaban J connectivity index is 0.000000259. The van der Waals surface area contributed by atoms with E-state index in [1.54, 1.807) is 4.90 Å². The van der Waals surface area contributed by atoms with Gasteiger partial charge in [0.1, 0.15) is 12.1 Å². The zero-order chi connectivity index (χ0) is 22.8. The van der Waals surface area contributed by atoms with E-state index in [4.69, 9.17) is 21.2 Å². The maximum absolute atomic E-state index is 12.4. The molecular formula is C21H32N4O6. The number of carboxylic acid groups (broad SMARTS) is 2. The highest BCUT2D eigenvalue weighted by molar-refractivity contribution is 5.80. The number of nitrogens with one attached hydrogen (secondary N) is 1. The quantitative estimate of drug-likeness (QED) is 0.385. The number of likely N-dealkylation sites (tertiary alicyclic amines) is 1. The standard InChI is InChI=1S/C17H25N3O2.C4H7NO4/c18-9-14-2-1-3-20(14)15(21)10-19-16-5-12-4-13(6-16)8-17(22,7-12)11-16;5-2(4(8)9)1-3(6)7/h12-14,19,22H,1-8,10-11H2;2H,1,5H2,(H,6,7)(H,8,9)/t12?,13?,14-,16?,17?;/m0./s1. The van der Waals surface area contributed by atoms with Crippen molar-refractivity contribution in [2.75, 3.05) is 13.1 Å². The summed E-state index contributed by atoms with van der Waals surface area (Å²) in [6.45, 7) is 1.02. The van der Waals surface area contributed by atoms with E-state index in [2.05, 4.69) is 11.4 Å². The third-order valence-electron chi connectivity index (χ3n) is 7.08. The molecule has 5 aliphatic rings. The third-order valence-corrected chi connectivity index (χ3v) is 7.08. The second-order valence-corrected chi connectivity index (χ2v) is 9.74. The average molecular weight is 437 g/mol. The molecular weight excluding hydrogens is 404 g/mol. The lowest BCUT2D eigenvalue weighted by atomic mass is 9.51. The van der Waals surface area contributed by atoms with Gasteiger partial charge in [0.15, 0.2) is 0 Å². The molecule has 4 aliphatic carbocycles. The smallest absolute Gasteiger partial charge is 0.321 e. The molecule has 0 aromatic heterocycles. The Hall–Kier alpha value is -2.22. The summed E-state index contributed by atoms with van der Waals surface area (Å²) in [5.74, 6) is -1.21. The zero-order valence-electron chi connectivity index (χ0n) is 17.6. The molecule has 172 valence electrons. The van der Waals surface area contributed by atoms with Gasteiger partial charge >= 0.3 is 11.9 Å². The summed E-state index contributed by atoms with van der Waals surface area (Å²) in [6.07, 6.45) is 7.34. The Bertz CT molecular complexity index is 751. The molecule has 6 N–H and O–H groups in total. The molecule has 0 aromatic carbocycles. The van der Waals surface area contributed by atoms with E-state index in [-0.39, 0.29) is 17.5 Å². The van der Waals surface area contributed by atoms with E-state index in [1.165, 1.54) is 6.42 Å². The fourth-order valence-corrected chi connectivity index (χ4v) is 6.26. The molecule has 1 saturated heterocycles. The predicted octanol–water partition coefficient (Wildman–Crippen LogP) is 0.0473. The first-order chi connectivity index (χ1) is 14.5. The fraction of sp³-hybridized carbons (Fsp3) is 0.810. The predicted molar refractivity (Wildman–Crippen MR) is 109 cm³/mol. The number of nitrogens with two attached hydrogens (primary N) is 1. The minimum Gasteiger partial charge on any atom is -0.481 e. The van der Waals surface area contributed by atoms with Crippen LogP contribution in [0.5, 0.6) is 0 Å². The van der Waals surface area contributed by atoms with Crippen LogP contribution in [0.3, 0.4) is 0 Å². The van der Waals surface area contributed by atoms with Gasteiger partial charge in [-0.15, -0.1) is 0 Å². The van der Waals surface area contributed by atoms with Crippen LogP contribution in [-0.4, -0.2) is 74.4 Å². The van der Waals surface area contributed by atoms with Gasteiger partial charge in [-0.25, -0.2) is 0 Å². The van der Waals surface area contributed by atoms with Crippen LogP contribution in [0, 0.1) is 23.2 Å². The Kier molecular flexibility index (Phi) is 6.88. The zero-order valence-corrected chi connectivity index (χ0v) is 17.6. The Labute approximate surface area is 181 Å². The molecule has 1 amide bonds. The van der Waals surface area contributed by atoms with Gasteiger partial charge in [0.05, 0.1) is 24.6 Å². The highest BCUT2D eigenvalue weighted by Crippen LogP contribution is 2.57. The van der Waals surface area contributed by atoms with Gasteiger partial charge in [-0.2, -0.15) is 5.26 Å². The number of nitriles is 1. The van der Waals surface area contributed by atoms with E-state index in [0.717, 1.165) is 44.9 Å². The third kappa shape index (κ3) is 5.53. The summed E-state index contributed by atoms with van der Waals surface area (Å²) < 4.78 is 0. The Morgan fingerprint density at radius 2 is 1.84 bits per heavy atom. The fourth-order valence-electron chi connectivity index (χ4n) is 6.26. The molecule has 5 fully saturated rings. The van der Waals surface area contributed by atoms with Crippen LogP contribution in [0.1, 0.15) is 57.8 Å². The number of hydrogen-bond acceptors (Lipinski definition) is 7. The minimum absolute atomic E-state index is 0.0453. The molecule has 1 aliphatic heterocycles. The number of aliphatic carboxylic acids is 2. The Morgan fingerprint density at radius 1 is 1.19 bits per heavy atom. The SMILES string of the molecule is N#C[C@@H]1CCCN1C(=O)CNC12CC3CC(CC(O)(C3)C1)C2.NC(CC(=O)O)C(=O)O. The molecule has 0 spiro atoms. The van der Waals surface area contributed by atoms with E-state index >= 15 is 0 Å². The molecule has 4 saturated carbocycles. The van der Waals surface area contributed by atoms with Crippen molar-refractivity contribution in [2.24, 2.45) is 17.6 Å². The molecule has 5 rings (SSSR count). The lowest BCUT2D eigenvalue weighted by molar-refractivity contribution is -0.147. The van der Waals surface area contributed by atoms with E-state index < -0.39 is 30.0 Å². The first kappa shape index (κ1) is 23.4. The summed E-state index contributed by atoms with van der Waals surface area (Å²) >= 11 is 0. The summed E-state index contributed by atoms with van der Waals surface area (Å²) in [4.78, 5) is 33.8. The lowest BCUT2D eigenvalue weighted by Gasteiger charge is -2.60. The van der Waals surface area contributed by atoms with Crippen molar-refractivity contribution in [2.45, 2.75) is 81.0 Å². The van der Waals surface area contributed by atoms with Gasteiger partial charge in [0.25, 0.3) is 0 Å². The molecule has 0 radical (unpaired) electrons. The minimum atomic E-state index is -1.29. The number of hydrogen-bond donors (Lipinski definition) is 5. The van der Waals surface area contributed by atoms with Gasteiger partial charge in [0, 0.05) is 12.1 Å². The van der Waals surface area contributed by atoms with Gasteiger partial charge in [-0.05, 0) is 63.2 Å². The maximum Gasteiger partial charge on any atom is 0.321 e. The normalized spacial score (nSPS) is 36.3. The van der Waals surface area contributed by atoms with Crippen molar-refractivity contribution in [3.05, 3.63) is 0 Å². The van der Waals surface area contributed by atoms with Crippen LogP contribution in [-0.2, 0) is 14.4 Å². The van der Waals surface area contributed by atoms with Crippen molar-refractivity contribution < 1.29 is 29.7 Å². The lowest BCUT2D eigenvalue weighted by Crippen LogP contribution is -2.65. The molecule has 10 nitrogen and oxygen atoms in total. The van der Waals surface area contributed by atoms with Crippen LogP contribution < -0.4 is 11.1 Å². The van der Waals surface area contributed by atoms with Gasteiger partial charge in [-0.1, -0.05) is 0 Å². The number of carboxylic acids is 2. The molecule has 1 heterocycles. The molecule has 31 heavy (non-hydrogen) atoms. The van der Waals surface area contributed by atoms with Crippen LogP contribution >= 0.6 is 0 Å². The molecule has 4 atom stereocenters. The topological polar surface area (TPSA) is 177 Å². The van der Waals surface area contributed by atoms with E-state index in [0.29, 0.717) is 24.9 Å².